The summed E-state index contributed by atoms with van der Waals surface area (Å²) in [5.74, 6) is 0.964. The normalized spacial score (nSPS) is 19.8. The summed E-state index contributed by atoms with van der Waals surface area (Å²) in [5.41, 5.74) is 0. The van der Waals surface area contributed by atoms with Gasteiger partial charge in [-0.05, 0) is 26.4 Å². The lowest BCUT2D eigenvalue weighted by Crippen LogP contribution is -2.36. The van der Waals surface area contributed by atoms with E-state index in [-0.39, 0.29) is 0 Å². The fourth-order valence-electron chi connectivity index (χ4n) is 1.24. The number of likely N-dealkylation sites (tertiary alicyclic amines) is 1. The molecule has 0 aliphatic carbocycles. The van der Waals surface area contributed by atoms with Crippen molar-refractivity contribution in [1.82, 2.24) is 15.0 Å². The minimum absolute atomic E-state index is 0.301. The van der Waals surface area contributed by atoms with Gasteiger partial charge in [0.15, 0.2) is 5.82 Å². The van der Waals surface area contributed by atoms with Gasteiger partial charge in [-0.25, -0.2) is 0 Å². The van der Waals surface area contributed by atoms with Crippen LogP contribution in [0.3, 0.4) is 0 Å². The number of aliphatic hydroxyl groups is 1. The molecule has 2 rings (SSSR count). The van der Waals surface area contributed by atoms with Crippen molar-refractivity contribution in [1.29, 1.82) is 0 Å². The van der Waals surface area contributed by atoms with Gasteiger partial charge < -0.3 is 9.63 Å². The van der Waals surface area contributed by atoms with Crippen LogP contribution in [0.5, 0.6) is 0 Å². The fourth-order valence-corrected chi connectivity index (χ4v) is 1.24. The second-order valence-electron chi connectivity index (χ2n) is 3.35. The summed E-state index contributed by atoms with van der Waals surface area (Å²) >= 11 is 0. The van der Waals surface area contributed by atoms with Gasteiger partial charge in [-0.2, -0.15) is 4.98 Å². The first-order valence-electron chi connectivity index (χ1n) is 4.48. The van der Waals surface area contributed by atoms with Crippen molar-refractivity contribution in [3.8, 4) is 0 Å². The lowest BCUT2D eigenvalue weighted by molar-refractivity contribution is 0.151. The smallest absolute Gasteiger partial charge is 0.255 e. The van der Waals surface area contributed by atoms with E-state index in [1.807, 2.05) is 0 Å². The molecule has 0 amide bonds. The standard InChI is InChI=1S/C8H13N3O2/c1-6(12)8-9-7(10-13-8)5-11-3-2-4-11/h6,12H,2-5H2,1H3/t6-/m0/s1. The molecular weight excluding hydrogens is 170 g/mol. The van der Waals surface area contributed by atoms with Gasteiger partial charge in [0.2, 0.25) is 0 Å². The third-order valence-electron chi connectivity index (χ3n) is 2.15. The highest BCUT2D eigenvalue weighted by Gasteiger charge is 2.18. The molecule has 0 unspecified atom stereocenters. The summed E-state index contributed by atoms with van der Waals surface area (Å²) in [6, 6.07) is 0. The maximum atomic E-state index is 9.13. The van der Waals surface area contributed by atoms with Crippen molar-refractivity contribution in [2.24, 2.45) is 0 Å². The minimum atomic E-state index is -0.669. The van der Waals surface area contributed by atoms with Gasteiger partial charge in [-0.3, -0.25) is 4.90 Å². The molecule has 0 bridgehead atoms. The number of rotatable bonds is 3. The lowest BCUT2D eigenvalue weighted by Gasteiger charge is -2.28. The highest BCUT2D eigenvalue weighted by molar-refractivity contribution is 4.89. The van der Waals surface area contributed by atoms with Crippen molar-refractivity contribution in [2.45, 2.75) is 26.0 Å². The number of aromatic nitrogens is 2. The molecule has 5 nitrogen and oxygen atoms in total. The molecule has 1 aromatic heterocycles. The number of aliphatic hydroxyl groups excluding tert-OH is 1. The predicted octanol–water partition coefficient (Wildman–Crippen LogP) is 0.329. The number of nitrogens with zero attached hydrogens (tertiary/aromatic N) is 3. The Morgan fingerprint density at radius 3 is 2.85 bits per heavy atom. The molecule has 72 valence electrons. The summed E-state index contributed by atoms with van der Waals surface area (Å²) < 4.78 is 4.86. The Morgan fingerprint density at radius 1 is 1.62 bits per heavy atom. The maximum absolute atomic E-state index is 9.13. The van der Waals surface area contributed by atoms with Crippen molar-refractivity contribution in [3.63, 3.8) is 0 Å². The summed E-state index contributed by atoms with van der Waals surface area (Å²) in [6.45, 7) is 4.56. The summed E-state index contributed by atoms with van der Waals surface area (Å²) in [5, 5.41) is 12.9. The van der Waals surface area contributed by atoms with Crippen LogP contribution in [0.4, 0.5) is 0 Å². The van der Waals surface area contributed by atoms with Crippen LogP contribution in [-0.4, -0.2) is 33.2 Å². The number of hydrogen-bond donors (Lipinski definition) is 1. The van der Waals surface area contributed by atoms with Gasteiger partial charge in [0, 0.05) is 0 Å². The molecule has 1 N–H and O–H groups in total. The Balaban J connectivity index is 1.96. The highest BCUT2D eigenvalue weighted by Crippen LogP contribution is 2.12. The lowest BCUT2D eigenvalue weighted by atomic mass is 10.2. The molecule has 0 saturated carbocycles. The molecule has 1 fully saturated rings. The van der Waals surface area contributed by atoms with Crippen molar-refractivity contribution in [3.05, 3.63) is 11.7 Å². The highest BCUT2D eigenvalue weighted by atomic mass is 16.5. The molecule has 5 heteroatoms. The zero-order valence-corrected chi connectivity index (χ0v) is 7.60. The van der Waals surface area contributed by atoms with Gasteiger partial charge in [0.05, 0.1) is 6.54 Å². The van der Waals surface area contributed by atoms with Crippen LogP contribution >= 0.6 is 0 Å². The van der Waals surface area contributed by atoms with Crippen LogP contribution in [0.15, 0.2) is 4.52 Å². The SMILES string of the molecule is C[C@H](O)c1nc(CN2CCC2)no1. The molecule has 0 radical (unpaired) electrons. The van der Waals surface area contributed by atoms with E-state index >= 15 is 0 Å². The Labute approximate surface area is 76.4 Å². The molecule has 1 atom stereocenters. The Kier molecular flexibility index (Phi) is 2.28. The van der Waals surface area contributed by atoms with Gasteiger partial charge in [-0.15, -0.1) is 0 Å². The zero-order valence-electron chi connectivity index (χ0n) is 7.60. The topological polar surface area (TPSA) is 62.4 Å². The van der Waals surface area contributed by atoms with Crippen LogP contribution < -0.4 is 0 Å². The molecule has 1 aliphatic heterocycles. The third kappa shape index (κ3) is 1.87. The molecule has 2 heterocycles. The molecule has 13 heavy (non-hydrogen) atoms. The molecule has 1 saturated heterocycles. The first-order chi connectivity index (χ1) is 6.25. The summed E-state index contributed by atoms with van der Waals surface area (Å²) in [6.07, 6.45) is 0.582. The monoisotopic (exact) mass is 183 g/mol. The van der Waals surface area contributed by atoms with E-state index < -0.39 is 6.10 Å². The van der Waals surface area contributed by atoms with E-state index in [4.69, 9.17) is 9.63 Å². The molecule has 0 spiro atoms. The summed E-state index contributed by atoms with van der Waals surface area (Å²) in [4.78, 5) is 6.29. The minimum Gasteiger partial charge on any atom is -0.384 e. The van der Waals surface area contributed by atoms with Crippen LogP contribution in [0, 0.1) is 0 Å². The summed E-state index contributed by atoms with van der Waals surface area (Å²) in [7, 11) is 0. The second-order valence-corrected chi connectivity index (χ2v) is 3.35. The van der Waals surface area contributed by atoms with E-state index in [2.05, 4.69) is 15.0 Å². The van der Waals surface area contributed by atoms with E-state index in [0.29, 0.717) is 11.7 Å². The number of hydrogen-bond acceptors (Lipinski definition) is 5. The maximum Gasteiger partial charge on any atom is 0.255 e. The largest absolute Gasteiger partial charge is 0.384 e. The Hall–Kier alpha value is -0.940. The van der Waals surface area contributed by atoms with Gasteiger partial charge in [-0.1, -0.05) is 5.16 Å². The fraction of sp³-hybridized carbons (Fsp3) is 0.750. The van der Waals surface area contributed by atoms with Crippen LogP contribution in [0.2, 0.25) is 0 Å². The molecular formula is C8H13N3O2. The third-order valence-corrected chi connectivity index (χ3v) is 2.15. The average Bonchev–Trinajstić information content (AvgIpc) is 2.44. The average molecular weight is 183 g/mol. The van der Waals surface area contributed by atoms with Crippen molar-refractivity contribution >= 4 is 0 Å². The zero-order chi connectivity index (χ0) is 9.26. The van der Waals surface area contributed by atoms with E-state index in [1.165, 1.54) is 6.42 Å². The first-order valence-corrected chi connectivity index (χ1v) is 4.48. The van der Waals surface area contributed by atoms with Gasteiger partial charge in [0.25, 0.3) is 5.89 Å². The van der Waals surface area contributed by atoms with Crippen molar-refractivity contribution < 1.29 is 9.63 Å². The quantitative estimate of drug-likeness (QED) is 0.731. The first kappa shape index (κ1) is 8.65. The second kappa shape index (κ2) is 3.43. The van der Waals surface area contributed by atoms with Gasteiger partial charge in [0.1, 0.15) is 6.10 Å². The molecule has 1 aliphatic rings. The molecule has 0 aromatic carbocycles. The van der Waals surface area contributed by atoms with Crippen LogP contribution in [-0.2, 0) is 6.54 Å². The van der Waals surface area contributed by atoms with Crippen molar-refractivity contribution in [2.75, 3.05) is 13.1 Å². The molecule has 1 aromatic rings. The van der Waals surface area contributed by atoms with E-state index in [1.54, 1.807) is 6.92 Å². The van der Waals surface area contributed by atoms with Crippen LogP contribution in [0.1, 0.15) is 31.2 Å². The van der Waals surface area contributed by atoms with Gasteiger partial charge >= 0.3 is 0 Å². The van der Waals surface area contributed by atoms with E-state index in [9.17, 15) is 0 Å². The Morgan fingerprint density at radius 2 is 2.38 bits per heavy atom. The van der Waals surface area contributed by atoms with Crippen LogP contribution in [0.25, 0.3) is 0 Å². The van der Waals surface area contributed by atoms with E-state index in [0.717, 1.165) is 19.6 Å². The Bertz CT molecular complexity index is 281. The predicted molar refractivity (Wildman–Crippen MR) is 44.8 cm³/mol.